The summed E-state index contributed by atoms with van der Waals surface area (Å²) >= 11 is 0. The molecule has 2 aliphatic rings. The van der Waals surface area contributed by atoms with Crippen LogP contribution in [0.5, 0.6) is 5.75 Å². The molecule has 37 heavy (non-hydrogen) atoms. The summed E-state index contributed by atoms with van der Waals surface area (Å²) in [7, 11) is 0. The molecule has 192 valence electrons. The number of ether oxygens (including phenoxy) is 1. The van der Waals surface area contributed by atoms with Gasteiger partial charge in [0.15, 0.2) is 11.5 Å². The zero-order valence-corrected chi connectivity index (χ0v) is 20.4. The molecule has 2 N–H and O–H groups in total. The Bertz CT molecular complexity index is 1420. The summed E-state index contributed by atoms with van der Waals surface area (Å²) in [5.74, 6) is -2.64. The minimum absolute atomic E-state index is 0.0423. The van der Waals surface area contributed by atoms with Crippen molar-refractivity contribution in [1.29, 1.82) is 0 Å². The molecule has 2 aromatic carbocycles. The maximum absolute atomic E-state index is 14.0. The fourth-order valence-corrected chi connectivity index (χ4v) is 5.11. The van der Waals surface area contributed by atoms with Crippen molar-refractivity contribution in [2.75, 3.05) is 6.54 Å². The van der Waals surface area contributed by atoms with Gasteiger partial charge >= 0.3 is 0 Å². The highest BCUT2D eigenvalue weighted by molar-refractivity contribution is 6.03. The van der Waals surface area contributed by atoms with Crippen molar-refractivity contribution in [3.8, 4) is 5.75 Å². The summed E-state index contributed by atoms with van der Waals surface area (Å²) in [4.78, 5) is 40.4. The lowest BCUT2D eigenvalue weighted by Crippen LogP contribution is -2.58. The number of fused-ring (bicyclic) bond motifs is 2. The maximum atomic E-state index is 14.0. The number of nitrogens with one attached hydrogen (secondary N) is 2. The Hall–Kier alpha value is -3.85. The Morgan fingerprint density at radius 3 is 2.73 bits per heavy atom. The first-order valence-corrected chi connectivity index (χ1v) is 12.2. The highest BCUT2D eigenvalue weighted by atomic mass is 19.1. The molecule has 1 saturated heterocycles. The van der Waals surface area contributed by atoms with Crippen molar-refractivity contribution >= 4 is 11.7 Å². The number of aromatic nitrogens is 1. The molecule has 7 nitrogen and oxygen atoms in total. The van der Waals surface area contributed by atoms with Gasteiger partial charge in [-0.15, -0.1) is 0 Å². The van der Waals surface area contributed by atoms with Crippen LogP contribution in [0, 0.1) is 17.0 Å². The second-order valence-electron chi connectivity index (χ2n) is 9.75. The molecule has 1 amide bonds. The van der Waals surface area contributed by atoms with Crippen LogP contribution in [-0.2, 0) is 19.7 Å². The first-order valence-electron chi connectivity index (χ1n) is 12.2. The van der Waals surface area contributed by atoms with Crippen LogP contribution in [0.4, 0.5) is 8.78 Å². The average Bonchev–Trinajstić information content (AvgIpc) is 2.89. The lowest BCUT2D eigenvalue weighted by Gasteiger charge is -2.45. The lowest BCUT2D eigenvalue weighted by molar-refractivity contribution is 0.0571. The molecule has 0 unspecified atom stereocenters. The topological polar surface area (TPSA) is 89.4 Å². The van der Waals surface area contributed by atoms with Gasteiger partial charge in [0.25, 0.3) is 5.91 Å². The smallest absolute Gasteiger partial charge is 0.257 e. The van der Waals surface area contributed by atoms with Crippen LogP contribution in [0.1, 0.15) is 51.7 Å². The van der Waals surface area contributed by atoms with Gasteiger partial charge in [0.2, 0.25) is 5.43 Å². The third-order valence-electron chi connectivity index (χ3n) is 7.31. The average molecular weight is 508 g/mol. The molecule has 3 aromatic rings. The number of carbonyl (C=O) groups is 2. The van der Waals surface area contributed by atoms with Crippen LogP contribution >= 0.6 is 0 Å². The highest BCUT2D eigenvalue weighted by Crippen LogP contribution is 2.40. The van der Waals surface area contributed by atoms with Crippen molar-refractivity contribution in [2.24, 2.45) is 5.41 Å². The molecule has 0 aliphatic carbocycles. The molecule has 0 radical (unpaired) electrons. The Labute approximate surface area is 212 Å². The van der Waals surface area contributed by atoms with E-state index >= 15 is 0 Å². The fourth-order valence-electron chi connectivity index (χ4n) is 5.11. The number of halogens is 2. The van der Waals surface area contributed by atoms with Crippen molar-refractivity contribution in [3.63, 3.8) is 0 Å². The second-order valence-corrected chi connectivity index (χ2v) is 9.75. The van der Waals surface area contributed by atoms with Crippen molar-refractivity contribution in [2.45, 2.75) is 45.5 Å². The summed E-state index contributed by atoms with van der Waals surface area (Å²) in [6.45, 7) is 2.86. The molecule has 3 heterocycles. The van der Waals surface area contributed by atoms with Gasteiger partial charge in [-0.25, -0.2) is 8.78 Å². The Morgan fingerprint density at radius 2 is 1.97 bits per heavy atom. The molecular weight excluding hydrogens is 480 g/mol. The predicted molar refractivity (Wildman–Crippen MR) is 132 cm³/mol. The van der Waals surface area contributed by atoms with E-state index in [9.17, 15) is 23.2 Å². The van der Waals surface area contributed by atoms with Crippen LogP contribution in [0.2, 0.25) is 0 Å². The highest BCUT2D eigenvalue weighted by Gasteiger charge is 2.49. The van der Waals surface area contributed by atoms with E-state index in [1.54, 1.807) is 4.57 Å². The van der Waals surface area contributed by atoms with Crippen molar-refractivity contribution < 1.29 is 23.1 Å². The number of hydrogen-bond donors (Lipinski definition) is 2. The third kappa shape index (κ3) is 4.67. The van der Waals surface area contributed by atoms with Crippen LogP contribution in [0.15, 0.2) is 59.5 Å². The summed E-state index contributed by atoms with van der Waals surface area (Å²) in [6, 6.07) is 12.1. The monoisotopic (exact) mass is 507 g/mol. The molecule has 2 atom stereocenters. The Balaban J connectivity index is 1.52. The molecule has 1 aromatic heterocycles. The van der Waals surface area contributed by atoms with Gasteiger partial charge in [-0.2, -0.15) is 0 Å². The number of piperidine rings is 1. The minimum Gasteiger partial charge on any atom is -0.483 e. The van der Waals surface area contributed by atoms with Crippen LogP contribution < -0.4 is 20.8 Å². The first-order chi connectivity index (χ1) is 17.8. The quantitative estimate of drug-likeness (QED) is 0.533. The molecule has 0 saturated carbocycles. The van der Waals surface area contributed by atoms with Crippen molar-refractivity contribution in [3.05, 3.63) is 99.0 Å². The first kappa shape index (κ1) is 24.8. The lowest BCUT2D eigenvalue weighted by atomic mass is 9.69. The van der Waals surface area contributed by atoms with E-state index in [1.165, 1.54) is 12.3 Å². The molecule has 0 spiro atoms. The predicted octanol–water partition coefficient (Wildman–Crippen LogP) is 3.59. The Morgan fingerprint density at radius 1 is 1.19 bits per heavy atom. The van der Waals surface area contributed by atoms with E-state index in [0.29, 0.717) is 13.0 Å². The normalized spacial score (nSPS) is 20.6. The molecule has 2 aliphatic heterocycles. The van der Waals surface area contributed by atoms with Gasteiger partial charge < -0.3 is 19.9 Å². The molecular formula is C28H27F2N3O4. The molecule has 0 bridgehead atoms. The van der Waals surface area contributed by atoms with Gasteiger partial charge in [0.05, 0.1) is 0 Å². The number of pyridine rings is 1. The van der Waals surface area contributed by atoms with E-state index in [2.05, 4.69) is 10.6 Å². The van der Waals surface area contributed by atoms with Gasteiger partial charge in [0, 0.05) is 42.4 Å². The SMILES string of the molecule is C[C@]12CCCN[C@H]1Cn1cc(C(=O)NCc3ccc(F)cc3F)c(=O)c(OCc3ccccc3)c1C2=O. The number of hydrogen-bond acceptors (Lipinski definition) is 5. The number of ketones is 1. The van der Waals surface area contributed by atoms with Crippen LogP contribution in [0.3, 0.4) is 0 Å². The third-order valence-corrected chi connectivity index (χ3v) is 7.31. The van der Waals surface area contributed by atoms with Crippen LogP contribution in [-0.4, -0.2) is 28.8 Å². The largest absolute Gasteiger partial charge is 0.483 e. The van der Waals surface area contributed by atoms with E-state index in [-0.39, 0.29) is 47.5 Å². The fraction of sp³-hybridized carbons (Fsp3) is 0.321. The van der Waals surface area contributed by atoms with Gasteiger partial charge in [-0.3, -0.25) is 14.4 Å². The number of amides is 1. The minimum atomic E-state index is -0.803. The van der Waals surface area contributed by atoms with Gasteiger partial charge in [-0.05, 0) is 31.0 Å². The number of carbonyl (C=O) groups excluding carboxylic acids is 2. The molecule has 1 fully saturated rings. The van der Waals surface area contributed by atoms with Gasteiger partial charge in [0.1, 0.15) is 29.5 Å². The number of Topliss-reactive ketones (excluding diaryl/α,β-unsaturated/α-hetero) is 1. The molecule has 9 heteroatoms. The van der Waals surface area contributed by atoms with E-state index in [1.807, 2.05) is 37.3 Å². The van der Waals surface area contributed by atoms with E-state index in [0.717, 1.165) is 30.7 Å². The van der Waals surface area contributed by atoms with Crippen molar-refractivity contribution in [1.82, 2.24) is 15.2 Å². The molecule has 5 rings (SSSR count). The second kappa shape index (κ2) is 9.89. The van der Waals surface area contributed by atoms with E-state index < -0.39 is 28.4 Å². The number of nitrogens with zero attached hydrogens (tertiary/aromatic N) is 1. The maximum Gasteiger partial charge on any atom is 0.257 e. The summed E-state index contributed by atoms with van der Waals surface area (Å²) in [5, 5.41) is 5.93. The van der Waals surface area contributed by atoms with Gasteiger partial charge in [-0.1, -0.05) is 43.3 Å². The van der Waals surface area contributed by atoms with E-state index in [4.69, 9.17) is 4.74 Å². The number of benzene rings is 2. The standard InChI is InChI=1S/C28H27F2N3O4/c1-28-10-5-11-31-22(28)15-33-14-20(27(36)32-13-18-8-9-19(29)12-21(18)30)24(34)25(23(33)26(28)35)37-16-17-6-3-2-4-7-17/h2-4,6-9,12,14,22,31H,5,10-11,13,15-16H2,1H3,(H,32,36)/t22-,28-/m0/s1. The zero-order chi connectivity index (χ0) is 26.2. The zero-order valence-electron chi connectivity index (χ0n) is 20.4. The summed E-state index contributed by atoms with van der Waals surface area (Å²) in [5.41, 5.74) is -0.594. The Kier molecular flexibility index (Phi) is 6.64. The summed E-state index contributed by atoms with van der Waals surface area (Å²) in [6.07, 6.45) is 2.89. The van der Waals surface area contributed by atoms with Crippen LogP contribution in [0.25, 0.3) is 0 Å². The number of rotatable bonds is 6. The summed E-state index contributed by atoms with van der Waals surface area (Å²) < 4.78 is 34.8.